The molecule has 4 aromatic heterocycles. The van der Waals surface area contributed by atoms with Gasteiger partial charge in [0.2, 0.25) is 11.8 Å². The zero-order chi connectivity index (χ0) is 30.6. The van der Waals surface area contributed by atoms with Gasteiger partial charge in [0.15, 0.2) is 11.6 Å². The first kappa shape index (κ1) is 28.5. The van der Waals surface area contributed by atoms with Crippen molar-refractivity contribution in [2.24, 2.45) is 5.41 Å². The summed E-state index contributed by atoms with van der Waals surface area (Å²) in [5.41, 5.74) is 1.83. The Morgan fingerprint density at radius 3 is 2.60 bits per heavy atom. The zero-order valence-corrected chi connectivity index (χ0v) is 25.0. The molecule has 1 aliphatic carbocycles. The Kier molecular flexibility index (Phi) is 7.00. The van der Waals surface area contributed by atoms with Crippen LogP contribution in [-0.2, 0) is 16.1 Å². The minimum atomic E-state index is -0.870. The lowest BCUT2D eigenvalue weighted by Gasteiger charge is -2.27. The van der Waals surface area contributed by atoms with Gasteiger partial charge in [-0.25, -0.2) is 19.3 Å². The van der Waals surface area contributed by atoms with Crippen molar-refractivity contribution in [1.82, 2.24) is 34.6 Å². The number of ketones is 1. The number of likely N-dealkylation sites (tertiary alicyclic amines) is 1. The molecule has 0 radical (unpaired) electrons. The normalized spacial score (nSPS) is 20.5. The molecule has 0 spiro atoms. The summed E-state index contributed by atoms with van der Waals surface area (Å²) in [6, 6.07) is 4.00. The van der Waals surface area contributed by atoms with Gasteiger partial charge in [0.1, 0.15) is 34.5 Å². The minimum Gasteiger partial charge on any atom is -0.325 e. The summed E-state index contributed by atoms with van der Waals surface area (Å²) in [6.07, 6.45) is 5.95. The highest BCUT2D eigenvalue weighted by atomic mass is 79.9. The second-order valence-electron chi connectivity index (χ2n) is 11.0. The van der Waals surface area contributed by atoms with Crippen molar-refractivity contribution in [2.75, 3.05) is 5.32 Å². The Morgan fingerprint density at radius 1 is 1.16 bits per heavy atom. The molecule has 2 aliphatic rings. The molecule has 1 saturated heterocycles. The molecule has 2 amide bonds. The number of halogens is 2. The molecule has 2 fully saturated rings. The van der Waals surface area contributed by atoms with E-state index < -0.39 is 23.2 Å². The van der Waals surface area contributed by atoms with Crippen LogP contribution in [0.5, 0.6) is 0 Å². The third-order valence-corrected chi connectivity index (χ3v) is 8.69. The number of amides is 2. The summed E-state index contributed by atoms with van der Waals surface area (Å²) >= 11 is 3.04. The number of hydrogen-bond acceptors (Lipinski definition) is 9. The maximum Gasteiger partial charge on any atom is 0.248 e. The van der Waals surface area contributed by atoms with Gasteiger partial charge in [-0.2, -0.15) is 10.4 Å². The van der Waals surface area contributed by atoms with Crippen LogP contribution in [0.1, 0.15) is 48.1 Å². The maximum atomic E-state index is 13.9. The van der Waals surface area contributed by atoms with E-state index in [0.717, 1.165) is 0 Å². The van der Waals surface area contributed by atoms with Crippen molar-refractivity contribution < 1.29 is 18.8 Å². The molecule has 1 aliphatic heterocycles. The number of nitrogens with zero attached hydrogens (tertiary/aromatic N) is 8. The number of Topliss-reactive ketones (excluding diaryl/α,β-unsaturated/α-hetero) is 1. The van der Waals surface area contributed by atoms with Gasteiger partial charge in [0, 0.05) is 48.1 Å². The molecule has 1 N–H and O–H groups in total. The first-order valence-electron chi connectivity index (χ1n) is 13.5. The largest absolute Gasteiger partial charge is 0.325 e. The van der Waals surface area contributed by atoms with Gasteiger partial charge in [0.25, 0.3) is 0 Å². The van der Waals surface area contributed by atoms with Crippen LogP contribution in [0.25, 0.3) is 22.2 Å². The van der Waals surface area contributed by atoms with E-state index >= 15 is 0 Å². The number of rotatable bonds is 7. The fraction of sp³-hybridized carbons (Fsp3) is 0.345. The zero-order valence-electron chi connectivity index (χ0n) is 23.4. The molecule has 0 bridgehead atoms. The van der Waals surface area contributed by atoms with E-state index in [0.29, 0.717) is 46.4 Å². The summed E-state index contributed by atoms with van der Waals surface area (Å²) in [6.45, 7) is 4.54. The molecule has 5 heterocycles. The van der Waals surface area contributed by atoms with Crippen LogP contribution in [0.15, 0.2) is 35.3 Å². The Balaban J connectivity index is 1.31. The topological polar surface area (TPSA) is 160 Å². The number of aromatic nitrogens is 6. The standard InChI is InChI=1S/C29H25BrFN9O3/c1-14-6-19(31)26(30)36-27(14)37-28(43)21-8-29(4-5-32)9-23(29)40(21)24(42)13-39-22-12-35-20(17-10-33-16(3)34-11-17)7-18(22)25(38-39)15(2)41/h6-7,10-12,21,23H,4,8-9,13H2,1-3H3,(H,36,37,43)/t21?,23?,29-/m0/s1. The predicted octanol–water partition coefficient (Wildman–Crippen LogP) is 3.92. The van der Waals surface area contributed by atoms with E-state index in [1.807, 2.05) is 0 Å². The molecule has 2 unspecified atom stereocenters. The number of nitriles is 1. The first-order chi connectivity index (χ1) is 20.5. The van der Waals surface area contributed by atoms with Crippen molar-refractivity contribution in [3.8, 4) is 17.3 Å². The summed E-state index contributed by atoms with van der Waals surface area (Å²) in [4.78, 5) is 58.5. The molecule has 0 aromatic carbocycles. The summed E-state index contributed by atoms with van der Waals surface area (Å²) in [7, 11) is 0. The average molecular weight is 646 g/mol. The number of piperidine rings is 1. The van der Waals surface area contributed by atoms with E-state index in [1.54, 1.807) is 38.5 Å². The van der Waals surface area contributed by atoms with E-state index in [-0.39, 0.29) is 46.8 Å². The lowest BCUT2D eigenvalue weighted by molar-refractivity contribution is -0.138. The molecule has 4 aromatic rings. The predicted molar refractivity (Wildman–Crippen MR) is 155 cm³/mol. The number of hydrogen-bond donors (Lipinski definition) is 1. The smallest absolute Gasteiger partial charge is 0.248 e. The number of nitrogens with one attached hydrogen (secondary N) is 1. The van der Waals surface area contributed by atoms with E-state index in [9.17, 15) is 24.0 Å². The second kappa shape index (κ2) is 10.6. The van der Waals surface area contributed by atoms with E-state index in [2.05, 4.69) is 52.4 Å². The second-order valence-corrected chi connectivity index (χ2v) is 11.8. The highest BCUT2D eigenvalue weighted by Crippen LogP contribution is 2.61. The van der Waals surface area contributed by atoms with Crippen LogP contribution in [0, 0.1) is 36.4 Å². The lowest BCUT2D eigenvalue weighted by Crippen LogP contribution is -2.47. The third kappa shape index (κ3) is 5.03. The Morgan fingerprint density at radius 2 is 1.91 bits per heavy atom. The molecule has 12 nitrogen and oxygen atoms in total. The summed E-state index contributed by atoms with van der Waals surface area (Å²) in [5.74, 6) is -0.925. The van der Waals surface area contributed by atoms with E-state index in [4.69, 9.17) is 0 Å². The number of pyridine rings is 2. The van der Waals surface area contributed by atoms with Gasteiger partial charge >= 0.3 is 0 Å². The third-order valence-electron chi connectivity index (χ3n) is 8.14. The Bertz CT molecular complexity index is 1870. The molecule has 43 heavy (non-hydrogen) atoms. The van der Waals surface area contributed by atoms with Crippen LogP contribution in [0.2, 0.25) is 0 Å². The number of carbonyl (C=O) groups is 3. The average Bonchev–Trinajstić information content (AvgIpc) is 3.37. The summed E-state index contributed by atoms with van der Waals surface area (Å²) in [5, 5.41) is 17.2. The molecule has 14 heteroatoms. The first-order valence-corrected chi connectivity index (χ1v) is 14.3. The number of fused-ring (bicyclic) bond motifs is 2. The van der Waals surface area contributed by atoms with Gasteiger partial charge < -0.3 is 10.2 Å². The van der Waals surface area contributed by atoms with Gasteiger partial charge in [-0.3, -0.25) is 24.0 Å². The fourth-order valence-electron chi connectivity index (χ4n) is 5.86. The molecule has 3 atom stereocenters. The minimum absolute atomic E-state index is 0.0462. The van der Waals surface area contributed by atoms with Crippen molar-refractivity contribution in [3.05, 3.63) is 58.2 Å². The van der Waals surface area contributed by atoms with Gasteiger partial charge in [-0.15, -0.1) is 0 Å². The highest BCUT2D eigenvalue weighted by molar-refractivity contribution is 9.10. The number of aryl methyl sites for hydroxylation is 2. The number of anilines is 1. The van der Waals surface area contributed by atoms with Crippen molar-refractivity contribution >= 4 is 50.2 Å². The quantitative estimate of drug-likeness (QED) is 0.232. The van der Waals surface area contributed by atoms with Gasteiger partial charge in [0.05, 0.1) is 23.5 Å². The van der Waals surface area contributed by atoms with Crippen LogP contribution in [0.3, 0.4) is 0 Å². The van der Waals surface area contributed by atoms with Crippen molar-refractivity contribution in [2.45, 2.75) is 58.7 Å². The van der Waals surface area contributed by atoms with Crippen LogP contribution >= 0.6 is 15.9 Å². The highest BCUT2D eigenvalue weighted by Gasteiger charge is 2.67. The van der Waals surface area contributed by atoms with E-state index in [1.165, 1.54) is 22.6 Å². The van der Waals surface area contributed by atoms with Crippen LogP contribution < -0.4 is 5.32 Å². The molecular weight excluding hydrogens is 621 g/mol. The lowest BCUT2D eigenvalue weighted by atomic mass is 9.96. The van der Waals surface area contributed by atoms with Crippen molar-refractivity contribution in [1.29, 1.82) is 5.26 Å². The SMILES string of the molecule is CC(=O)c1nn(CC(=O)N2C(C(=O)Nc3nc(Br)c(F)cc3C)C[C@@]3(CC#N)CC23)c2cnc(-c3cnc(C)nc3)cc12. The molecular formula is C29H25BrFN9O3. The number of carbonyl (C=O) groups excluding carboxylic acids is 3. The maximum absolute atomic E-state index is 13.9. The van der Waals surface area contributed by atoms with Crippen molar-refractivity contribution in [3.63, 3.8) is 0 Å². The van der Waals surface area contributed by atoms with Gasteiger partial charge in [-0.1, -0.05) is 0 Å². The Hall–Kier alpha value is -4.64. The van der Waals surface area contributed by atoms with Crippen LogP contribution in [-0.4, -0.2) is 64.3 Å². The van der Waals surface area contributed by atoms with Crippen LogP contribution in [0.4, 0.5) is 10.2 Å². The molecule has 6 rings (SSSR count). The fourth-order valence-corrected chi connectivity index (χ4v) is 6.15. The Labute approximate surface area is 253 Å². The molecule has 218 valence electrons. The monoisotopic (exact) mass is 645 g/mol. The van der Waals surface area contributed by atoms with Gasteiger partial charge in [-0.05, 0) is 60.3 Å². The summed E-state index contributed by atoms with van der Waals surface area (Å²) < 4.78 is 15.3. The molecule has 1 saturated carbocycles.